The smallest absolute Gasteiger partial charge is 0.163 e. The zero-order valence-electron chi connectivity index (χ0n) is 8.79. The monoisotopic (exact) mass is 358 g/mol. The van der Waals surface area contributed by atoms with Gasteiger partial charge in [0, 0.05) is 0 Å². The summed E-state index contributed by atoms with van der Waals surface area (Å²) in [4.78, 5) is 7.83. The van der Waals surface area contributed by atoms with Gasteiger partial charge < -0.3 is 20.1 Å². The van der Waals surface area contributed by atoms with Crippen LogP contribution in [-0.2, 0) is 4.74 Å². The van der Waals surface area contributed by atoms with E-state index in [4.69, 9.17) is 33.0 Å². The summed E-state index contributed by atoms with van der Waals surface area (Å²) in [6.07, 6.45) is -4.32. The van der Waals surface area contributed by atoms with E-state index in [9.17, 15) is 10.2 Å². The Labute approximate surface area is 121 Å². The van der Waals surface area contributed by atoms with Gasteiger partial charge in [0.05, 0.1) is 6.61 Å². The Kier molecular flexibility index (Phi) is 4.43. The minimum atomic E-state index is -1.25. The molecule has 0 spiro atoms. The van der Waals surface area contributed by atoms with Crippen molar-refractivity contribution in [3.05, 3.63) is 20.6 Å². The molecule has 0 aromatic carbocycles. The van der Waals surface area contributed by atoms with Crippen LogP contribution in [0.15, 0.2) is 4.60 Å². The zero-order valence-corrected chi connectivity index (χ0v) is 11.9. The molecule has 1 aliphatic heterocycles. The third kappa shape index (κ3) is 2.49. The third-order valence-electron chi connectivity index (χ3n) is 2.61. The van der Waals surface area contributed by atoms with E-state index in [0.29, 0.717) is 0 Å². The lowest BCUT2D eigenvalue weighted by Crippen LogP contribution is -2.32. The Morgan fingerprint density at radius 3 is 2.39 bits per heavy atom. The van der Waals surface area contributed by atoms with Crippen molar-refractivity contribution in [1.29, 1.82) is 0 Å². The fourth-order valence-corrected chi connectivity index (χ4v) is 2.38. The van der Waals surface area contributed by atoms with Crippen LogP contribution < -0.4 is 0 Å². The van der Waals surface area contributed by atoms with E-state index in [1.54, 1.807) is 0 Å². The van der Waals surface area contributed by atoms with Gasteiger partial charge in [-0.05, 0) is 15.9 Å². The van der Waals surface area contributed by atoms with Crippen molar-refractivity contribution in [2.24, 2.45) is 0 Å². The second-order valence-corrected chi connectivity index (χ2v) is 5.21. The van der Waals surface area contributed by atoms with Crippen LogP contribution in [0.3, 0.4) is 0 Å². The van der Waals surface area contributed by atoms with Gasteiger partial charge in [0.1, 0.15) is 34.7 Å². The van der Waals surface area contributed by atoms with Gasteiger partial charge in [0.15, 0.2) is 10.3 Å². The molecular weight excluding hydrogens is 351 g/mol. The average Bonchev–Trinajstić information content (AvgIpc) is 2.61. The molecule has 2 rings (SSSR count). The lowest BCUT2D eigenvalue weighted by molar-refractivity contribution is -0.0240. The molecular formula is C9H9BrCl2N2O4. The third-order valence-corrected chi connectivity index (χ3v) is 3.93. The second-order valence-electron chi connectivity index (χ2n) is 3.74. The highest BCUT2D eigenvalue weighted by Gasteiger charge is 2.44. The number of aromatic nitrogens is 2. The highest BCUT2D eigenvalue weighted by atomic mass is 79.9. The van der Waals surface area contributed by atoms with Gasteiger partial charge >= 0.3 is 0 Å². The van der Waals surface area contributed by atoms with E-state index in [0.717, 1.165) is 0 Å². The summed E-state index contributed by atoms with van der Waals surface area (Å²) >= 11 is 14.7. The van der Waals surface area contributed by atoms with E-state index >= 15 is 0 Å². The molecule has 1 aliphatic rings. The van der Waals surface area contributed by atoms with Crippen LogP contribution in [0.1, 0.15) is 11.8 Å². The van der Waals surface area contributed by atoms with Gasteiger partial charge in [-0.3, -0.25) is 0 Å². The van der Waals surface area contributed by atoms with Crippen molar-refractivity contribution in [1.82, 2.24) is 9.97 Å². The molecule has 0 radical (unpaired) electrons. The molecule has 0 unspecified atom stereocenters. The molecule has 1 saturated heterocycles. The summed E-state index contributed by atoms with van der Waals surface area (Å²) in [6, 6.07) is 0. The molecule has 0 bridgehead atoms. The molecule has 3 N–H and O–H groups in total. The van der Waals surface area contributed by atoms with Crippen LogP contribution in [0.25, 0.3) is 0 Å². The van der Waals surface area contributed by atoms with E-state index < -0.39 is 31.0 Å². The normalized spacial score (nSPS) is 31.9. The Balaban J connectivity index is 2.35. The van der Waals surface area contributed by atoms with Gasteiger partial charge in [-0.15, -0.1) is 0 Å². The lowest BCUT2D eigenvalue weighted by atomic mass is 10.1. The fourth-order valence-electron chi connectivity index (χ4n) is 1.69. The van der Waals surface area contributed by atoms with Crippen LogP contribution in [0.5, 0.6) is 0 Å². The number of aliphatic hydroxyl groups is 3. The summed E-state index contributed by atoms with van der Waals surface area (Å²) in [5.74, 6) is 0. The van der Waals surface area contributed by atoms with E-state index in [1.165, 1.54) is 0 Å². The first-order valence-corrected chi connectivity index (χ1v) is 6.51. The topological polar surface area (TPSA) is 95.7 Å². The van der Waals surface area contributed by atoms with Gasteiger partial charge in [-0.1, -0.05) is 23.2 Å². The highest BCUT2D eigenvalue weighted by Crippen LogP contribution is 2.36. The first-order chi connectivity index (χ1) is 8.45. The number of nitrogens with zero attached hydrogens (tertiary/aromatic N) is 2. The second kappa shape index (κ2) is 5.54. The molecule has 0 aliphatic carbocycles. The van der Waals surface area contributed by atoms with Crippen LogP contribution in [0, 0.1) is 0 Å². The number of hydrogen-bond acceptors (Lipinski definition) is 6. The summed E-state index contributed by atoms with van der Waals surface area (Å²) in [5, 5.41) is 28.5. The Bertz CT molecular complexity index is 464. The maximum absolute atomic E-state index is 9.84. The van der Waals surface area contributed by atoms with Crippen LogP contribution in [-0.4, -0.2) is 50.2 Å². The Hall–Kier alpha value is -0.0200. The van der Waals surface area contributed by atoms with Crippen molar-refractivity contribution >= 4 is 39.1 Å². The number of hydrogen-bond donors (Lipinski definition) is 3. The predicted molar refractivity (Wildman–Crippen MR) is 66.5 cm³/mol. The summed E-state index contributed by atoms with van der Waals surface area (Å²) < 4.78 is 5.55. The van der Waals surface area contributed by atoms with Gasteiger partial charge in [0.2, 0.25) is 0 Å². The van der Waals surface area contributed by atoms with Crippen molar-refractivity contribution in [2.75, 3.05) is 6.61 Å². The summed E-state index contributed by atoms with van der Waals surface area (Å²) in [7, 11) is 0. The first kappa shape index (κ1) is 14.4. The Morgan fingerprint density at radius 1 is 1.17 bits per heavy atom. The number of rotatable bonds is 2. The number of halogens is 3. The largest absolute Gasteiger partial charge is 0.394 e. The van der Waals surface area contributed by atoms with Crippen LogP contribution >= 0.6 is 39.1 Å². The minimum Gasteiger partial charge on any atom is -0.394 e. The fraction of sp³-hybridized carbons (Fsp3) is 0.556. The number of aliphatic hydroxyl groups excluding tert-OH is 3. The predicted octanol–water partition coefficient (Wildman–Crippen LogP) is 0.700. The molecule has 1 aromatic rings. The van der Waals surface area contributed by atoms with Crippen LogP contribution in [0.2, 0.25) is 10.3 Å². The molecule has 0 saturated carbocycles. The molecule has 9 heteroatoms. The van der Waals surface area contributed by atoms with Gasteiger partial charge in [-0.2, -0.15) is 0 Å². The molecule has 4 atom stereocenters. The van der Waals surface area contributed by atoms with Crippen molar-refractivity contribution in [2.45, 2.75) is 24.4 Å². The maximum atomic E-state index is 9.84. The molecule has 100 valence electrons. The van der Waals surface area contributed by atoms with E-state index in [-0.39, 0.29) is 20.6 Å². The molecule has 2 heterocycles. The average molecular weight is 360 g/mol. The molecule has 1 aromatic heterocycles. The number of ether oxygens (including phenoxy) is 1. The van der Waals surface area contributed by atoms with Crippen molar-refractivity contribution in [3.63, 3.8) is 0 Å². The van der Waals surface area contributed by atoms with Crippen LogP contribution in [0.4, 0.5) is 0 Å². The van der Waals surface area contributed by atoms with Crippen molar-refractivity contribution in [3.8, 4) is 0 Å². The van der Waals surface area contributed by atoms with Gasteiger partial charge in [0.25, 0.3) is 0 Å². The molecule has 0 amide bonds. The van der Waals surface area contributed by atoms with Gasteiger partial charge in [-0.25, -0.2) is 9.97 Å². The molecule has 1 fully saturated rings. The maximum Gasteiger partial charge on any atom is 0.163 e. The van der Waals surface area contributed by atoms with E-state index in [1.807, 2.05) is 0 Å². The first-order valence-electron chi connectivity index (χ1n) is 4.96. The highest BCUT2D eigenvalue weighted by molar-refractivity contribution is 9.10. The SMILES string of the molecule is OC[C@H]1O[C@@H](c2nc(Br)c(Cl)nc2Cl)[C@H](O)[C@@H]1O. The quantitative estimate of drug-likeness (QED) is 0.719. The molecule has 6 nitrogen and oxygen atoms in total. The molecule has 18 heavy (non-hydrogen) atoms. The zero-order chi connectivity index (χ0) is 13.4. The summed E-state index contributed by atoms with van der Waals surface area (Å²) in [5.41, 5.74) is 0.149. The summed E-state index contributed by atoms with van der Waals surface area (Å²) in [6.45, 7) is -0.422. The minimum absolute atomic E-state index is 0.0296. The lowest BCUT2D eigenvalue weighted by Gasteiger charge is -2.15. The van der Waals surface area contributed by atoms with E-state index in [2.05, 4.69) is 25.9 Å². The Morgan fingerprint density at radius 2 is 1.83 bits per heavy atom. The standard InChI is InChI=1S/C9H9BrCl2N2O4/c10-7-9(12)14-8(11)3(13-7)6-5(17)4(16)2(1-15)18-6/h2,4-6,15-17H,1H2/t2-,4-,5-,6+/m1/s1. The van der Waals surface area contributed by atoms with Crippen molar-refractivity contribution < 1.29 is 20.1 Å².